The zero-order valence-corrected chi connectivity index (χ0v) is 10.7. The first-order chi connectivity index (χ1) is 9.40. The maximum absolute atomic E-state index is 11.4. The number of aliphatic hydroxyl groups excluding tert-OH is 3. The Hall–Kier alpha value is -2.03. The summed E-state index contributed by atoms with van der Waals surface area (Å²) in [6.07, 6.45) is -2.85. The van der Waals surface area contributed by atoms with Crippen LogP contribution in [0.4, 0.5) is 5.69 Å². The minimum absolute atomic E-state index is 0.000509. The molecule has 0 heterocycles. The number of hydrogen-bond donors (Lipinski definition) is 3. The van der Waals surface area contributed by atoms with Crippen LogP contribution in [0.25, 0.3) is 0 Å². The molecule has 0 aromatic heterocycles. The van der Waals surface area contributed by atoms with Crippen molar-refractivity contribution in [1.29, 1.82) is 0 Å². The Labute approximate surface area is 114 Å². The largest absolute Gasteiger partial charge is 0.465 e. The number of benzene rings is 1. The van der Waals surface area contributed by atoms with Gasteiger partial charge in [0.2, 0.25) is 0 Å². The van der Waals surface area contributed by atoms with Crippen molar-refractivity contribution in [3.8, 4) is 0 Å². The van der Waals surface area contributed by atoms with E-state index in [2.05, 4.69) is 4.74 Å². The number of non-ortho nitro benzene ring substituents is 1. The van der Waals surface area contributed by atoms with Crippen LogP contribution in [0, 0.1) is 10.1 Å². The molecule has 0 fully saturated rings. The van der Waals surface area contributed by atoms with Gasteiger partial charge in [0.1, 0.15) is 6.10 Å². The molecule has 0 spiro atoms. The highest BCUT2D eigenvalue weighted by Crippen LogP contribution is 2.25. The molecule has 2 unspecified atom stereocenters. The first-order valence-corrected chi connectivity index (χ1v) is 5.75. The van der Waals surface area contributed by atoms with Crippen LogP contribution in [-0.2, 0) is 4.74 Å². The molecule has 1 aromatic carbocycles. The molecule has 8 nitrogen and oxygen atoms in total. The van der Waals surface area contributed by atoms with Crippen LogP contribution in [-0.4, -0.2) is 46.0 Å². The van der Waals surface area contributed by atoms with Crippen LogP contribution in [0.5, 0.6) is 0 Å². The van der Waals surface area contributed by atoms with Gasteiger partial charge in [0.15, 0.2) is 0 Å². The van der Waals surface area contributed by atoms with E-state index in [0.717, 1.165) is 19.2 Å². The van der Waals surface area contributed by atoms with Gasteiger partial charge in [0.25, 0.3) is 5.69 Å². The molecule has 0 saturated carbocycles. The second kappa shape index (κ2) is 6.94. The van der Waals surface area contributed by atoms with E-state index in [9.17, 15) is 25.1 Å². The molecule has 110 valence electrons. The Morgan fingerprint density at radius 3 is 2.55 bits per heavy atom. The maximum Gasteiger partial charge on any atom is 0.338 e. The predicted molar refractivity (Wildman–Crippen MR) is 67.1 cm³/mol. The van der Waals surface area contributed by atoms with E-state index < -0.39 is 28.8 Å². The van der Waals surface area contributed by atoms with Crippen LogP contribution in [0.2, 0.25) is 0 Å². The molecule has 1 rings (SSSR count). The number of nitro groups is 1. The Balaban J connectivity index is 3.21. The summed E-state index contributed by atoms with van der Waals surface area (Å²) in [6.45, 7) is -0.350. The van der Waals surface area contributed by atoms with Gasteiger partial charge in [-0.1, -0.05) is 0 Å². The third-order valence-corrected chi connectivity index (χ3v) is 2.70. The summed E-state index contributed by atoms with van der Waals surface area (Å²) in [5, 5.41) is 39.0. The Morgan fingerprint density at radius 1 is 1.40 bits per heavy atom. The van der Waals surface area contributed by atoms with E-state index in [0.29, 0.717) is 0 Å². The lowest BCUT2D eigenvalue weighted by Crippen LogP contribution is -2.20. The van der Waals surface area contributed by atoms with Gasteiger partial charge in [0, 0.05) is 18.7 Å². The third kappa shape index (κ3) is 3.73. The quantitative estimate of drug-likeness (QED) is 0.385. The van der Waals surface area contributed by atoms with Crippen LogP contribution in [0.3, 0.4) is 0 Å². The summed E-state index contributed by atoms with van der Waals surface area (Å²) in [4.78, 5) is 21.5. The number of esters is 1. The van der Waals surface area contributed by atoms with Crippen LogP contribution in [0.15, 0.2) is 18.2 Å². The van der Waals surface area contributed by atoms with E-state index in [1.54, 1.807) is 0 Å². The van der Waals surface area contributed by atoms with Crippen molar-refractivity contribution in [2.24, 2.45) is 0 Å². The third-order valence-electron chi connectivity index (χ3n) is 2.70. The molecule has 0 aliphatic rings. The van der Waals surface area contributed by atoms with Gasteiger partial charge in [-0.3, -0.25) is 10.1 Å². The van der Waals surface area contributed by atoms with Crippen LogP contribution < -0.4 is 0 Å². The molecule has 2 atom stereocenters. The van der Waals surface area contributed by atoms with Crippen molar-refractivity contribution >= 4 is 11.7 Å². The molecule has 0 bridgehead atoms. The number of aliphatic hydroxyl groups is 3. The number of nitro benzene ring substituents is 1. The smallest absolute Gasteiger partial charge is 0.338 e. The normalized spacial score (nSPS) is 13.6. The highest BCUT2D eigenvalue weighted by atomic mass is 16.6. The van der Waals surface area contributed by atoms with Gasteiger partial charge in [0.05, 0.1) is 23.7 Å². The molecule has 1 aromatic rings. The lowest BCUT2D eigenvalue weighted by atomic mass is 9.99. The van der Waals surface area contributed by atoms with Crippen molar-refractivity contribution in [3.05, 3.63) is 39.4 Å². The van der Waals surface area contributed by atoms with Crippen LogP contribution in [0.1, 0.15) is 28.4 Å². The van der Waals surface area contributed by atoms with Gasteiger partial charge in [-0.05, 0) is 18.1 Å². The van der Waals surface area contributed by atoms with Crippen molar-refractivity contribution in [2.45, 2.75) is 18.6 Å². The fourth-order valence-electron chi connectivity index (χ4n) is 1.66. The highest BCUT2D eigenvalue weighted by molar-refractivity contribution is 5.90. The van der Waals surface area contributed by atoms with E-state index in [1.165, 1.54) is 6.07 Å². The molecule has 3 N–H and O–H groups in total. The van der Waals surface area contributed by atoms with Crippen LogP contribution >= 0.6 is 0 Å². The summed E-state index contributed by atoms with van der Waals surface area (Å²) in [5.74, 6) is -0.793. The fourth-order valence-corrected chi connectivity index (χ4v) is 1.66. The van der Waals surface area contributed by atoms with E-state index >= 15 is 0 Å². The number of hydrogen-bond acceptors (Lipinski definition) is 7. The van der Waals surface area contributed by atoms with Gasteiger partial charge < -0.3 is 20.1 Å². The van der Waals surface area contributed by atoms with Crippen molar-refractivity contribution in [1.82, 2.24) is 0 Å². The molecule has 0 aliphatic heterocycles. The van der Waals surface area contributed by atoms with Crippen molar-refractivity contribution < 1.29 is 29.8 Å². The first-order valence-electron chi connectivity index (χ1n) is 5.75. The Morgan fingerprint density at radius 2 is 2.05 bits per heavy atom. The lowest BCUT2D eigenvalue weighted by Gasteiger charge is -2.17. The van der Waals surface area contributed by atoms with E-state index in [1.807, 2.05) is 0 Å². The SMILES string of the molecule is COC(=O)c1cc(C(O)C(O)CCO)cc([N+](=O)[O-])c1. The zero-order chi connectivity index (χ0) is 15.3. The molecular weight excluding hydrogens is 270 g/mol. The zero-order valence-electron chi connectivity index (χ0n) is 10.7. The van der Waals surface area contributed by atoms with Gasteiger partial charge in [-0.2, -0.15) is 0 Å². The molecule has 0 radical (unpaired) electrons. The number of methoxy groups -OCH3 is 1. The average Bonchev–Trinajstić information content (AvgIpc) is 2.45. The maximum atomic E-state index is 11.4. The number of nitrogens with zero attached hydrogens (tertiary/aromatic N) is 1. The molecule has 0 saturated heterocycles. The van der Waals surface area contributed by atoms with E-state index in [-0.39, 0.29) is 24.2 Å². The van der Waals surface area contributed by atoms with Crippen molar-refractivity contribution in [3.63, 3.8) is 0 Å². The van der Waals surface area contributed by atoms with Crippen molar-refractivity contribution in [2.75, 3.05) is 13.7 Å². The number of carbonyl (C=O) groups is 1. The Bertz CT molecular complexity index is 503. The topological polar surface area (TPSA) is 130 Å². The highest BCUT2D eigenvalue weighted by Gasteiger charge is 2.23. The minimum atomic E-state index is -1.45. The van der Waals surface area contributed by atoms with Gasteiger partial charge >= 0.3 is 5.97 Å². The molecule has 8 heteroatoms. The van der Waals surface area contributed by atoms with Gasteiger partial charge in [-0.25, -0.2) is 4.79 Å². The second-order valence-electron chi connectivity index (χ2n) is 4.09. The summed E-state index contributed by atoms with van der Waals surface area (Å²) in [7, 11) is 1.12. The lowest BCUT2D eigenvalue weighted by molar-refractivity contribution is -0.385. The predicted octanol–water partition coefficient (Wildman–Crippen LogP) is 0.158. The number of rotatable bonds is 6. The number of carbonyl (C=O) groups excluding carboxylic acids is 1. The second-order valence-corrected chi connectivity index (χ2v) is 4.09. The summed E-state index contributed by atoms with van der Waals surface area (Å²) in [5.41, 5.74) is -0.509. The number of ether oxygens (including phenoxy) is 1. The summed E-state index contributed by atoms with van der Waals surface area (Å²) < 4.78 is 4.47. The Kier molecular flexibility index (Phi) is 5.56. The summed E-state index contributed by atoms with van der Waals surface area (Å²) >= 11 is 0. The van der Waals surface area contributed by atoms with E-state index in [4.69, 9.17) is 5.11 Å². The first kappa shape index (κ1) is 16.0. The van der Waals surface area contributed by atoms with Gasteiger partial charge in [-0.15, -0.1) is 0 Å². The molecule has 0 amide bonds. The average molecular weight is 285 g/mol. The standard InChI is InChI=1S/C12H15NO7/c1-20-12(17)8-4-7(5-9(6-8)13(18)19)11(16)10(15)2-3-14/h4-6,10-11,14-16H,2-3H2,1H3. The monoisotopic (exact) mass is 285 g/mol. The molecular formula is C12H15NO7. The fraction of sp³-hybridized carbons (Fsp3) is 0.417. The molecule has 0 aliphatic carbocycles. The summed E-state index contributed by atoms with van der Waals surface area (Å²) in [6, 6.07) is 3.27. The molecule has 20 heavy (non-hydrogen) atoms. The minimum Gasteiger partial charge on any atom is -0.465 e.